The van der Waals surface area contributed by atoms with Crippen LogP contribution in [0.1, 0.15) is 22.8 Å². The fourth-order valence-corrected chi connectivity index (χ4v) is 2.47. The Morgan fingerprint density at radius 2 is 2.17 bits per heavy atom. The Kier molecular flexibility index (Phi) is 4.19. The zero-order valence-corrected chi connectivity index (χ0v) is 12.6. The van der Waals surface area contributed by atoms with Crippen molar-refractivity contribution in [2.45, 2.75) is 19.9 Å². The number of halogens is 1. The van der Waals surface area contributed by atoms with E-state index in [2.05, 4.69) is 58.0 Å². The van der Waals surface area contributed by atoms with E-state index in [0.717, 1.165) is 29.0 Å². The van der Waals surface area contributed by atoms with Gasteiger partial charge in [-0.25, -0.2) is 4.98 Å². The van der Waals surface area contributed by atoms with E-state index >= 15 is 0 Å². The lowest BCUT2D eigenvalue weighted by Gasteiger charge is -2.02. The average Bonchev–Trinajstić information content (AvgIpc) is 2.59. The highest BCUT2D eigenvalue weighted by molar-refractivity contribution is 9.10. The minimum Gasteiger partial charge on any atom is -0.334 e. The van der Waals surface area contributed by atoms with Crippen molar-refractivity contribution in [1.82, 2.24) is 14.9 Å². The largest absolute Gasteiger partial charge is 0.334 e. The molecule has 1 N–H and O–H groups in total. The standard InChI is InChI=1S/C14H18BrN3/c1-10-13(17-14(9-16-2)18(10)3)8-11-5-4-6-12(15)7-11/h4-7,16H,8-9H2,1-3H3. The van der Waals surface area contributed by atoms with Crippen molar-refractivity contribution in [3.63, 3.8) is 0 Å². The Morgan fingerprint density at radius 3 is 2.83 bits per heavy atom. The van der Waals surface area contributed by atoms with Crippen molar-refractivity contribution >= 4 is 15.9 Å². The molecule has 96 valence electrons. The quantitative estimate of drug-likeness (QED) is 0.941. The predicted octanol–water partition coefficient (Wildman–Crippen LogP) is 2.80. The number of nitrogens with zero attached hydrogens (tertiary/aromatic N) is 2. The number of hydrogen-bond acceptors (Lipinski definition) is 2. The van der Waals surface area contributed by atoms with Gasteiger partial charge in [0.15, 0.2) is 0 Å². The van der Waals surface area contributed by atoms with Crippen LogP contribution in [0.25, 0.3) is 0 Å². The Labute approximate surface area is 116 Å². The average molecular weight is 308 g/mol. The maximum Gasteiger partial charge on any atom is 0.122 e. The van der Waals surface area contributed by atoms with Gasteiger partial charge in [-0.15, -0.1) is 0 Å². The van der Waals surface area contributed by atoms with E-state index in [1.165, 1.54) is 11.3 Å². The Morgan fingerprint density at radius 1 is 1.39 bits per heavy atom. The highest BCUT2D eigenvalue weighted by Gasteiger charge is 2.10. The number of aromatic nitrogens is 2. The van der Waals surface area contributed by atoms with Crippen LogP contribution in [-0.4, -0.2) is 16.6 Å². The van der Waals surface area contributed by atoms with Crippen molar-refractivity contribution < 1.29 is 0 Å². The van der Waals surface area contributed by atoms with Gasteiger partial charge >= 0.3 is 0 Å². The van der Waals surface area contributed by atoms with Gasteiger partial charge in [0.1, 0.15) is 5.82 Å². The van der Waals surface area contributed by atoms with Crippen molar-refractivity contribution in [2.24, 2.45) is 7.05 Å². The van der Waals surface area contributed by atoms with E-state index in [4.69, 9.17) is 4.98 Å². The first-order valence-corrected chi connectivity index (χ1v) is 6.81. The summed E-state index contributed by atoms with van der Waals surface area (Å²) in [5, 5.41) is 3.15. The monoisotopic (exact) mass is 307 g/mol. The van der Waals surface area contributed by atoms with Gasteiger partial charge in [-0.05, 0) is 31.7 Å². The normalized spacial score (nSPS) is 10.9. The summed E-state index contributed by atoms with van der Waals surface area (Å²) < 4.78 is 3.27. The highest BCUT2D eigenvalue weighted by atomic mass is 79.9. The van der Waals surface area contributed by atoms with Crippen LogP contribution in [0.2, 0.25) is 0 Å². The third-order valence-corrected chi connectivity index (χ3v) is 3.66. The third-order valence-electron chi connectivity index (χ3n) is 3.17. The molecule has 2 rings (SSSR count). The first kappa shape index (κ1) is 13.3. The molecular formula is C14H18BrN3. The molecule has 1 aromatic heterocycles. The lowest BCUT2D eigenvalue weighted by atomic mass is 10.1. The highest BCUT2D eigenvalue weighted by Crippen LogP contribution is 2.17. The number of nitrogens with one attached hydrogen (secondary N) is 1. The summed E-state index contributed by atoms with van der Waals surface area (Å²) >= 11 is 3.50. The summed E-state index contributed by atoms with van der Waals surface area (Å²) in [5.74, 6) is 1.08. The molecule has 4 heteroatoms. The Hall–Kier alpha value is -1.13. The number of benzene rings is 1. The van der Waals surface area contributed by atoms with Crippen molar-refractivity contribution in [3.8, 4) is 0 Å². The zero-order chi connectivity index (χ0) is 13.1. The molecule has 0 fully saturated rings. The molecule has 1 heterocycles. The first-order valence-electron chi connectivity index (χ1n) is 6.02. The van der Waals surface area contributed by atoms with E-state index < -0.39 is 0 Å². The van der Waals surface area contributed by atoms with Gasteiger partial charge in [-0.1, -0.05) is 28.1 Å². The van der Waals surface area contributed by atoms with E-state index in [0.29, 0.717) is 0 Å². The third kappa shape index (κ3) is 2.82. The summed E-state index contributed by atoms with van der Waals surface area (Å²) in [6, 6.07) is 8.38. The first-order chi connectivity index (χ1) is 8.61. The smallest absolute Gasteiger partial charge is 0.122 e. The molecule has 0 radical (unpaired) electrons. The van der Waals surface area contributed by atoms with E-state index in [1.807, 2.05) is 13.1 Å². The van der Waals surface area contributed by atoms with Crippen LogP contribution in [0.15, 0.2) is 28.7 Å². The van der Waals surface area contributed by atoms with Crippen molar-refractivity contribution in [2.75, 3.05) is 7.05 Å². The second-order valence-electron chi connectivity index (χ2n) is 4.46. The molecule has 0 bridgehead atoms. The second-order valence-corrected chi connectivity index (χ2v) is 5.37. The van der Waals surface area contributed by atoms with E-state index in [9.17, 15) is 0 Å². The molecule has 0 unspecified atom stereocenters. The Bertz CT molecular complexity index is 546. The van der Waals surface area contributed by atoms with E-state index in [1.54, 1.807) is 0 Å². The van der Waals surface area contributed by atoms with Crippen LogP contribution in [0.4, 0.5) is 0 Å². The fourth-order valence-electron chi connectivity index (χ4n) is 2.02. The number of imidazole rings is 1. The molecule has 0 amide bonds. The van der Waals surface area contributed by atoms with Gasteiger partial charge in [0.05, 0.1) is 12.2 Å². The minimum absolute atomic E-state index is 0.801. The molecule has 0 aliphatic carbocycles. The Balaban J connectivity index is 2.26. The lowest BCUT2D eigenvalue weighted by molar-refractivity contribution is 0.700. The van der Waals surface area contributed by atoms with Gasteiger partial charge in [0.2, 0.25) is 0 Å². The number of hydrogen-bond donors (Lipinski definition) is 1. The van der Waals surface area contributed by atoms with Crippen LogP contribution in [-0.2, 0) is 20.0 Å². The van der Waals surface area contributed by atoms with Gasteiger partial charge in [0.25, 0.3) is 0 Å². The summed E-state index contributed by atoms with van der Waals surface area (Å²) in [4.78, 5) is 4.71. The summed E-state index contributed by atoms with van der Waals surface area (Å²) in [6.07, 6.45) is 0.878. The van der Waals surface area contributed by atoms with E-state index in [-0.39, 0.29) is 0 Å². The van der Waals surface area contributed by atoms with Crippen LogP contribution >= 0.6 is 15.9 Å². The maximum atomic E-state index is 4.71. The molecule has 0 aliphatic rings. The van der Waals surface area contributed by atoms with Gasteiger partial charge in [-0.3, -0.25) is 0 Å². The fraction of sp³-hybridized carbons (Fsp3) is 0.357. The SMILES string of the molecule is CNCc1nc(Cc2cccc(Br)c2)c(C)n1C. The molecule has 3 nitrogen and oxygen atoms in total. The van der Waals surface area contributed by atoms with Gasteiger partial charge in [0, 0.05) is 23.6 Å². The van der Waals surface area contributed by atoms with Gasteiger partial charge < -0.3 is 9.88 Å². The van der Waals surface area contributed by atoms with Crippen LogP contribution in [0.5, 0.6) is 0 Å². The van der Waals surface area contributed by atoms with Crippen molar-refractivity contribution in [1.29, 1.82) is 0 Å². The lowest BCUT2D eigenvalue weighted by Crippen LogP contribution is -2.10. The van der Waals surface area contributed by atoms with Gasteiger partial charge in [-0.2, -0.15) is 0 Å². The molecule has 2 aromatic rings. The molecule has 0 saturated carbocycles. The zero-order valence-electron chi connectivity index (χ0n) is 11.0. The second kappa shape index (κ2) is 5.67. The summed E-state index contributed by atoms with van der Waals surface area (Å²) in [7, 11) is 4.01. The molecular weight excluding hydrogens is 290 g/mol. The maximum absolute atomic E-state index is 4.71. The van der Waals surface area contributed by atoms with Crippen LogP contribution in [0, 0.1) is 6.92 Å². The van der Waals surface area contributed by atoms with Crippen molar-refractivity contribution in [3.05, 3.63) is 51.5 Å². The minimum atomic E-state index is 0.801. The molecule has 0 spiro atoms. The molecule has 18 heavy (non-hydrogen) atoms. The summed E-state index contributed by atoms with van der Waals surface area (Å²) in [6.45, 7) is 2.93. The molecule has 0 aliphatic heterocycles. The number of rotatable bonds is 4. The topological polar surface area (TPSA) is 29.9 Å². The summed E-state index contributed by atoms with van der Waals surface area (Å²) in [5.41, 5.74) is 3.67. The van der Waals surface area contributed by atoms with Crippen LogP contribution < -0.4 is 5.32 Å². The predicted molar refractivity (Wildman–Crippen MR) is 77.7 cm³/mol. The molecule has 1 aromatic carbocycles. The molecule has 0 saturated heterocycles. The molecule has 0 atom stereocenters. The van der Waals surface area contributed by atoms with Crippen LogP contribution in [0.3, 0.4) is 0 Å².